The van der Waals surface area contributed by atoms with Gasteiger partial charge in [0.1, 0.15) is 24.4 Å². The number of carbonyl (C=O) groups excluding carboxylic acids is 2. The van der Waals surface area contributed by atoms with Crippen molar-refractivity contribution >= 4 is 11.9 Å². The summed E-state index contributed by atoms with van der Waals surface area (Å²) in [5.74, 6) is -1.34. The molecule has 1 heterocycles. The van der Waals surface area contributed by atoms with Crippen molar-refractivity contribution in [1.82, 2.24) is 0 Å². The van der Waals surface area contributed by atoms with Crippen LogP contribution in [0, 0.1) is 11.8 Å². The molecule has 0 unspecified atom stereocenters. The summed E-state index contributed by atoms with van der Waals surface area (Å²) in [6, 6.07) is 0. The van der Waals surface area contributed by atoms with Crippen LogP contribution in [0.4, 0.5) is 0 Å². The second-order valence-corrected chi connectivity index (χ2v) is 8.52. The summed E-state index contributed by atoms with van der Waals surface area (Å²) < 4.78 is 17.3. The summed E-state index contributed by atoms with van der Waals surface area (Å²) in [5, 5.41) is 11.3. The fourth-order valence-electron chi connectivity index (χ4n) is 4.04. The van der Waals surface area contributed by atoms with Crippen molar-refractivity contribution in [3.63, 3.8) is 0 Å². The average molecular weight is 395 g/mol. The van der Waals surface area contributed by atoms with Gasteiger partial charge < -0.3 is 19.3 Å². The van der Waals surface area contributed by atoms with Crippen LogP contribution < -0.4 is 0 Å². The molecule has 6 nitrogen and oxygen atoms in total. The molecule has 0 aromatic carbocycles. The van der Waals surface area contributed by atoms with E-state index < -0.39 is 36.2 Å². The molecule has 2 aliphatic rings. The topological polar surface area (TPSA) is 85.4 Å². The molecule has 1 saturated heterocycles. The molecule has 6 atom stereocenters. The van der Waals surface area contributed by atoms with E-state index in [1.165, 1.54) is 6.92 Å². The van der Waals surface area contributed by atoms with Crippen molar-refractivity contribution in [2.75, 3.05) is 0 Å². The van der Waals surface area contributed by atoms with Crippen LogP contribution in [0.2, 0.25) is 0 Å². The van der Waals surface area contributed by atoms with E-state index in [4.69, 9.17) is 14.2 Å². The lowest BCUT2D eigenvalue weighted by Gasteiger charge is -2.37. The van der Waals surface area contributed by atoms with Gasteiger partial charge in [-0.3, -0.25) is 4.79 Å². The Labute approximate surface area is 167 Å². The second kappa shape index (κ2) is 8.78. The van der Waals surface area contributed by atoms with Crippen molar-refractivity contribution in [3.8, 4) is 0 Å². The second-order valence-electron chi connectivity index (χ2n) is 8.52. The number of allylic oxidation sites excluding steroid dienone is 2. The van der Waals surface area contributed by atoms with Gasteiger partial charge in [-0.1, -0.05) is 26.0 Å². The first-order valence-electron chi connectivity index (χ1n) is 10.1. The fraction of sp³-hybridized carbons (Fsp3) is 0.727. The zero-order chi connectivity index (χ0) is 21.2. The van der Waals surface area contributed by atoms with E-state index in [9.17, 15) is 14.7 Å². The predicted molar refractivity (Wildman–Crippen MR) is 105 cm³/mol. The normalized spacial score (nSPS) is 36.2. The molecule has 0 amide bonds. The first-order chi connectivity index (χ1) is 13.0. The van der Waals surface area contributed by atoms with Gasteiger partial charge in [0.05, 0.1) is 5.60 Å². The number of aliphatic hydroxyl groups excluding tert-OH is 1. The van der Waals surface area contributed by atoms with Gasteiger partial charge in [-0.05, 0) is 52.0 Å². The molecule has 0 aromatic rings. The molecule has 0 aromatic heterocycles. The van der Waals surface area contributed by atoms with E-state index in [2.05, 4.69) is 0 Å². The number of hydrogen-bond donors (Lipinski definition) is 1. The summed E-state index contributed by atoms with van der Waals surface area (Å²) in [6.07, 6.45) is 2.45. The Kier molecular flexibility index (Phi) is 7.10. The molecule has 1 fully saturated rings. The standard InChI is InChI=1S/C22H34O6/c1-8-13(4)21(25)27-18-14(5)10-9-11-22(7)20(28-22)19(26-15(6)23)16(12(2)3)17(18)24/h8,10,12,16-20,24H,9,11H2,1-7H3/b13-8+,14-10?/t16-,17-,18-,19-,20+,22+/m0/s1. The molecule has 1 N–H and O–H groups in total. The number of esters is 2. The molecule has 158 valence electrons. The smallest absolute Gasteiger partial charge is 0.334 e. The fourth-order valence-corrected chi connectivity index (χ4v) is 4.04. The van der Waals surface area contributed by atoms with Gasteiger partial charge in [-0.15, -0.1) is 0 Å². The van der Waals surface area contributed by atoms with Gasteiger partial charge in [0.2, 0.25) is 0 Å². The van der Waals surface area contributed by atoms with Gasteiger partial charge in [-0.2, -0.15) is 0 Å². The van der Waals surface area contributed by atoms with Crippen LogP contribution in [-0.2, 0) is 23.8 Å². The van der Waals surface area contributed by atoms with Gasteiger partial charge in [-0.25, -0.2) is 4.79 Å². The Bertz CT molecular complexity index is 664. The van der Waals surface area contributed by atoms with Crippen LogP contribution in [0.15, 0.2) is 23.3 Å². The Hall–Kier alpha value is -1.66. The summed E-state index contributed by atoms with van der Waals surface area (Å²) in [7, 11) is 0. The largest absolute Gasteiger partial charge is 0.459 e. The van der Waals surface area contributed by atoms with E-state index in [1.807, 2.05) is 33.8 Å². The van der Waals surface area contributed by atoms with Crippen LogP contribution >= 0.6 is 0 Å². The lowest BCUT2D eigenvalue weighted by Crippen LogP contribution is -2.49. The van der Waals surface area contributed by atoms with Crippen LogP contribution in [0.3, 0.4) is 0 Å². The lowest BCUT2D eigenvalue weighted by molar-refractivity contribution is -0.164. The molecule has 0 saturated carbocycles. The highest BCUT2D eigenvalue weighted by Crippen LogP contribution is 2.48. The number of epoxide rings is 1. The lowest BCUT2D eigenvalue weighted by atomic mass is 9.77. The highest BCUT2D eigenvalue weighted by atomic mass is 16.6. The van der Waals surface area contributed by atoms with Crippen LogP contribution in [0.5, 0.6) is 0 Å². The Balaban J connectivity index is 2.44. The maximum absolute atomic E-state index is 12.4. The van der Waals surface area contributed by atoms with E-state index in [0.717, 1.165) is 18.4 Å². The molecule has 0 spiro atoms. The van der Waals surface area contributed by atoms with Crippen molar-refractivity contribution in [2.24, 2.45) is 11.8 Å². The van der Waals surface area contributed by atoms with Gasteiger partial charge >= 0.3 is 11.9 Å². The maximum Gasteiger partial charge on any atom is 0.334 e. The molecule has 1 aliphatic heterocycles. The first kappa shape index (κ1) is 22.6. The minimum Gasteiger partial charge on any atom is -0.459 e. The quantitative estimate of drug-likeness (QED) is 0.341. The van der Waals surface area contributed by atoms with Crippen molar-refractivity contribution < 1.29 is 28.9 Å². The van der Waals surface area contributed by atoms with Crippen molar-refractivity contribution in [3.05, 3.63) is 23.3 Å². The van der Waals surface area contributed by atoms with E-state index in [-0.39, 0.29) is 17.6 Å². The Morgan fingerprint density at radius 3 is 2.50 bits per heavy atom. The zero-order valence-electron chi connectivity index (χ0n) is 18.0. The molecule has 28 heavy (non-hydrogen) atoms. The number of fused-ring (bicyclic) bond motifs is 1. The molecule has 1 aliphatic carbocycles. The molecular weight excluding hydrogens is 360 g/mol. The van der Waals surface area contributed by atoms with Crippen molar-refractivity contribution in [2.45, 2.75) is 91.3 Å². The van der Waals surface area contributed by atoms with E-state index in [1.54, 1.807) is 19.9 Å². The molecule has 6 heteroatoms. The Morgan fingerprint density at radius 2 is 1.96 bits per heavy atom. The SMILES string of the molecule is C/C=C(\C)C(=O)O[C@H]1C(C)=CCC[C@@]2(C)O[C@@H]2[C@@H](OC(C)=O)[C@@H](C(C)C)[C@@H]1O. The molecule has 0 radical (unpaired) electrons. The third-order valence-electron chi connectivity index (χ3n) is 5.94. The summed E-state index contributed by atoms with van der Waals surface area (Å²) >= 11 is 0. The maximum atomic E-state index is 12.4. The van der Waals surface area contributed by atoms with Gasteiger partial charge in [0, 0.05) is 18.4 Å². The number of carbonyl (C=O) groups is 2. The molecule has 0 bridgehead atoms. The summed E-state index contributed by atoms with van der Waals surface area (Å²) in [6.45, 7) is 12.6. The number of ether oxygens (including phenoxy) is 3. The summed E-state index contributed by atoms with van der Waals surface area (Å²) in [5.41, 5.74) is 0.891. The minimum absolute atomic E-state index is 0.0240. The Morgan fingerprint density at radius 1 is 1.32 bits per heavy atom. The van der Waals surface area contributed by atoms with Crippen LogP contribution in [0.1, 0.15) is 61.3 Å². The highest BCUT2D eigenvalue weighted by molar-refractivity contribution is 5.87. The van der Waals surface area contributed by atoms with Gasteiger partial charge in [0.15, 0.2) is 0 Å². The van der Waals surface area contributed by atoms with Crippen LogP contribution in [-0.4, -0.2) is 47.1 Å². The third-order valence-corrected chi connectivity index (χ3v) is 5.94. The predicted octanol–water partition coefficient (Wildman–Crippen LogP) is 3.33. The monoisotopic (exact) mass is 394 g/mol. The van der Waals surface area contributed by atoms with Crippen molar-refractivity contribution in [1.29, 1.82) is 0 Å². The number of hydrogen-bond acceptors (Lipinski definition) is 6. The van der Waals surface area contributed by atoms with Gasteiger partial charge in [0.25, 0.3) is 0 Å². The highest BCUT2D eigenvalue weighted by Gasteiger charge is 2.60. The van der Waals surface area contributed by atoms with E-state index in [0.29, 0.717) is 5.57 Å². The molecule has 2 rings (SSSR count). The average Bonchev–Trinajstić information content (AvgIpc) is 3.27. The first-order valence-corrected chi connectivity index (χ1v) is 10.1. The zero-order valence-corrected chi connectivity index (χ0v) is 18.0. The number of aliphatic hydroxyl groups is 1. The third kappa shape index (κ3) is 4.84. The summed E-state index contributed by atoms with van der Waals surface area (Å²) in [4.78, 5) is 24.2. The molecular formula is C22H34O6. The van der Waals surface area contributed by atoms with E-state index >= 15 is 0 Å². The van der Waals surface area contributed by atoms with Crippen LogP contribution in [0.25, 0.3) is 0 Å². The minimum atomic E-state index is -1.03. The number of rotatable bonds is 4.